The van der Waals surface area contributed by atoms with Gasteiger partial charge in [-0.05, 0) is 37.1 Å². The van der Waals surface area contributed by atoms with Crippen LogP contribution in [0.1, 0.15) is 17.5 Å². The van der Waals surface area contributed by atoms with Crippen LogP contribution in [-0.4, -0.2) is 42.1 Å². The molecule has 0 unspecified atom stereocenters. The van der Waals surface area contributed by atoms with Crippen LogP contribution < -0.4 is 16.4 Å². The van der Waals surface area contributed by atoms with Gasteiger partial charge >= 0.3 is 6.03 Å². The molecule has 4 N–H and O–H groups in total. The van der Waals surface area contributed by atoms with Gasteiger partial charge in [-0.15, -0.1) is 11.8 Å². The van der Waals surface area contributed by atoms with Crippen molar-refractivity contribution >= 4 is 41.0 Å². The number of carbonyl (C=O) groups excluding carboxylic acids is 3. The summed E-state index contributed by atoms with van der Waals surface area (Å²) in [5.41, 5.74) is 8.48. The maximum atomic E-state index is 12.5. The van der Waals surface area contributed by atoms with Crippen LogP contribution >= 0.6 is 11.8 Å². The Morgan fingerprint density at radius 1 is 1.00 bits per heavy atom. The Hall–Kier alpha value is -3.00. The summed E-state index contributed by atoms with van der Waals surface area (Å²) in [5, 5.41) is 5.68. The highest BCUT2D eigenvalue weighted by Gasteiger charge is 2.16. The lowest BCUT2D eigenvalue weighted by Crippen LogP contribution is -2.37. The fourth-order valence-electron chi connectivity index (χ4n) is 2.65. The number of amides is 4. The molecule has 2 aromatic carbocycles. The van der Waals surface area contributed by atoms with Gasteiger partial charge in [-0.2, -0.15) is 0 Å². The molecule has 0 aromatic heterocycles. The third kappa shape index (κ3) is 6.83. The standard InChI is InChI=1S/C21H26N4O3S/c1-14-7-6-8-15(2)20(14)24-19(27)13-25(3)21(28)23-16-9-4-5-10-17(16)29-12-11-18(22)26/h4-10H,11-13H2,1-3H3,(H2,22,26)(H,23,28)(H,24,27). The van der Waals surface area contributed by atoms with Crippen molar-refractivity contribution in [3.8, 4) is 0 Å². The van der Waals surface area contributed by atoms with Crippen molar-refractivity contribution < 1.29 is 14.4 Å². The molecule has 154 valence electrons. The maximum Gasteiger partial charge on any atom is 0.322 e. The zero-order valence-electron chi connectivity index (χ0n) is 16.8. The number of likely N-dealkylation sites (N-methyl/N-ethyl adjacent to an activating group) is 1. The van der Waals surface area contributed by atoms with Crippen molar-refractivity contribution in [3.05, 3.63) is 53.6 Å². The van der Waals surface area contributed by atoms with Crippen molar-refractivity contribution in [3.63, 3.8) is 0 Å². The van der Waals surface area contributed by atoms with E-state index in [1.807, 2.05) is 44.2 Å². The van der Waals surface area contributed by atoms with Crippen LogP contribution in [0.4, 0.5) is 16.2 Å². The Bertz CT molecular complexity index is 881. The van der Waals surface area contributed by atoms with E-state index in [1.165, 1.54) is 16.7 Å². The quantitative estimate of drug-likeness (QED) is 0.576. The molecule has 4 amide bonds. The van der Waals surface area contributed by atoms with E-state index in [2.05, 4.69) is 10.6 Å². The van der Waals surface area contributed by atoms with Crippen LogP contribution in [-0.2, 0) is 9.59 Å². The van der Waals surface area contributed by atoms with E-state index in [1.54, 1.807) is 19.2 Å². The smallest absolute Gasteiger partial charge is 0.322 e. The number of nitrogens with zero attached hydrogens (tertiary/aromatic N) is 1. The van der Waals surface area contributed by atoms with E-state index in [0.29, 0.717) is 11.4 Å². The van der Waals surface area contributed by atoms with E-state index in [-0.39, 0.29) is 24.8 Å². The van der Waals surface area contributed by atoms with E-state index >= 15 is 0 Å². The first-order chi connectivity index (χ1) is 13.8. The van der Waals surface area contributed by atoms with E-state index in [4.69, 9.17) is 5.73 Å². The Kier molecular flexibility index (Phi) is 8.09. The minimum absolute atomic E-state index is 0.0867. The van der Waals surface area contributed by atoms with Crippen molar-refractivity contribution in [2.24, 2.45) is 5.73 Å². The Balaban J connectivity index is 1.95. The van der Waals surface area contributed by atoms with Gasteiger partial charge in [0, 0.05) is 29.8 Å². The Morgan fingerprint density at radius 2 is 1.66 bits per heavy atom. The second kappa shape index (κ2) is 10.5. The Morgan fingerprint density at radius 3 is 2.31 bits per heavy atom. The van der Waals surface area contributed by atoms with Gasteiger partial charge in [0.05, 0.1) is 5.69 Å². The minimum atomic E-state index is -0.399. The molecule has 8 heteroatoms. The Labute approximate surface area is 175 Å². The summed E-state index contributed by atoms with van der Waals surface area (Å²) in [6.45, 7) is 3.76. The molecule has 0 saturated heterocycles. The van der Waals surface area contributed by atoms with E-state index in [9.17, 15) is 14.4 Å². The monoisotopic (exact) mass is 414 g/mol. The SMILES string of the molecule is Cc1cccc(C)c1NC(=O)CN(C)C(=O)Nc1ccccc1SCCC(N)=O. The highest BCUT2D eigenvalue weighted by Crippen LogP contribution is 2.27. The first-order valence-corrected chi connectivity index (χ1v) is 10.1. The zero-order valence-corrected chi connectivity index (χ0v) is 17.6. The first-order valence-electron chi connectivity index (χ1n) is 9.16. The summed E-state index contributed by atoms with van der Waals surface area (Å²) in [6.07, 6.45) is 0.255. The molecular weight excluding hydrogens is 388 g/mol. The van der Waals surface area contributed by atoms with Gasteiger partial charge < -0.3 is 21.3 Å². The van der Waals surface area contributed by atoms with Gasteiger partial charge in [0.1, 0.15) is 6.54 Å². The number of rotatable bonds is 8. The highest BCUT2D eigenvalue weighted by atomic mass is 32.2. The lowest BCUT2D eigenvalue weighted by Gasteiger charge is -2.19. The fraction of sp³-hybridized carbons (Fsp3) is 0.286. The number of para-hydroxylation sites is 2. The van der Waals surface area contributed by atoms with Crippen LogP contribution in [0.3, 0.4) is 0 Å². The van der Waals surface area contributed by atoms with Crippen LogP contribution in [0.2, 0.25) is 0 Å². The maximum absolute atomic E-state index is 12.5. The molecule has 0 aliphatic carbocycles. The van der Waals surface area contributed by atoms with Gasteiger partial charge in [-0.1, -0.05) is 30.3 Å². The van der Waals surface area contributed by atoms with Crippen molar-refractivity contribution in [1.29, 1.82) is 0 Å². The number of primary amides is 1. The second-order valence-corrected chi connectivity index (χ2v) is 7.80. The summed E-state index contributed by atoms with van der Waals surface area (Å²) in [7, 11) is 1.56. The number of hydrogen-bond acceptors (Lipinski definition) is 4. The average Bonchev–Trinajstić information content (AvgIpc) is 2.66. The number of hydrogen-bond donors (Lipinski definition) is 3. The van der Waals surface area contributed by atoms with Crippen LogP contribution in [0, 0.1) is 13.8 Å². The molecule has 0 aliphatic rings. The van der Waals surface area contributed by atoms with E-state index in [0.717, 1.165) is 21.7 Å². The summed E-state index contributed by atoms with van der Waals surface area (Å²) < 4.78 is 0. The first kappa shape index (κ1) is 22.3. The highest BCUT2D eigenvalue weighted by molar-refractivity contribution is 7.99. The van der Waals surface area contributed by atoms with Gasteiger partial charge in [-0.25, -0.2) is 4.79 Å². The molecule has 0 radical (unpaired) electrons. The third-order valence-corrected chi connectivity index (χ3v) is 5.28. The topological polar surface area (TPSA) is 105 Å². The fourth-order valence-corrected chi connectivity index (χ4v) is 3.62. The predicted octanol–water partition coefficient (Wildman–Crippen LogP) is 3.37. The van der Waals surface area contributed by atoms with Gasteiger partial charge in [0.15, 0.2) is 0 Å². The molecule has 0 atom stereocenters. The molecule has 0 aliphatic heterocycles. The van der Waals surface area contributed by atoms with E-state index < -0.39 is 6.03 Å². The minimum Gasteiger partial charge on any atom is -0.370 e. The number of urea groups is 1. The molecule has 0 saturated carbocycles. The van der Waals surface area contributed by atoms with Crippen molar-refractivity contribution in [1.82, 2.24) is 4.90 Å². The van der Waals surface area contributed by atoms with Gasteiger partial charge in [-0.3, -0.25) is 9.59 Å². The van der Waals surface area contributed by atoms with Gasteiger partial charge in [0.25, 0.3) is 0 Å². The molecule has 29 heavy (non-hydrogen) atoms. The number of nitrogens with one attached hydrogen (secondary N) is 2. The number of thioether (sulfide) groups is 1. The van der Waals surface area contributed by atoms with Gasteiger partial charge in [0.2, 0.25) is 11.8 Å². The largest absolute Gasteiger partial charge is 0.370 e. The van der Waals surface area contributed by atoms with Crippen molar-refractivity contribution in [2.75, 3.05) is 30.0 Å². The normalized spacial score (nSPS) is 10.3. The molecule has 2 aromatic rings. The number of benzene rings is 2. The van der Waals surface area contributed by atoms with Crippen LogP contribution in [0.5, 0.6) is 0 Å². The number of aryl methyl sites for hydroxylation is 2. The molecule has 0 heterocycles. The zero-order chi connectivity index (χ0) is 21.4. The number of anilines is 2. The lowest BCUT2D eigenvalue weighted by atomic mass is 10.1. The molecule has 0 bridgehead atoms. The molecular formula is C21H26N4O3S. The molecule has 7 nitrogen and oxygen atoms in total. The summed E-state index contributed by atoms with van der Waals surface area (Å²) >= 11 is 1.43. The molecule has 0 fully saturated rings. The number of nitrogens with two attached hydrogens (primary N) is 1. The summed E-state index contributed by atoms with van der Waals surface area (Å²) in [6, 6.07) is 12.7. The third-order valence-electron chi connectivity index (χ3n) is 4.21. The molecule has 2 rings (SSSR count). The average molecular weight is 415 g/mol. The lowest BCUT2D eigenvalue weighted by molar-refractivity contribution is -0.118. The molecule has 0 spiro atoms. The van der Waals surface area contributed by atoms with Crippen LogP contribution in [0.15, 0.2) is 47.4 Å². The summed E-state index contributed by atoms with van der Waals surface area (Å²) in [4.78, 5) is 37.9. The summed E-state index contributed by atoms with van der Waals surface area (Å²) in [5.74, 6) is -0.117. The van der Waals surface area contributed by atoms with Crippen LogP contribution in [0.25, 0.3) is 0 Å². The van der Waals surface area contributed by atoms with Crippen molar-refractivity contribution in [2.45, 2.75) is 25.2 Å². The second-order valence-electron chi connectivity index (χ2n) is 6.66. The predicted molar refractivity (Wildman–Crippen MR) is 117 cm³/mol. The number of carbonyl (C=O) groups is 3.